The Hall–Kier alpha value is -3.94. The number of esters is 1. The van der Waals surface area contributed by atoms with Gasteiger partial charge < -0.3 is 13.9 Å². The number of carbonyl (C=O) groups excluding carboxylic acids is 1. The van der Waals surface area contributed by atoms with Crippen molar-refractivity contribution >= 4 is 16.9 Å². The largest absolute Gasteiger partial charge is 0.487 e. The van der Waals surface area contributed by atoms with E-state index in [-0.39, 0.29) is 30.0 Å². The van der Waals surface area contributed by atoms with Gasteiger partial charge in [-0.15, -0.1) is 5.10 Å². The molecule has 6 rings (SSSR count). The van der Waals surface area contributed by atoms with Gasteiger partial charge in [-0.25, -0.2) is 9.48 Å². The van der Waals surface area contributed by atoms with Crippen molar-refractivity contribution in [1.29, 1.82) is 0 Å². The van der Waals surface area contributed by atoms with Crippen LogP contribution in [0.3, 0.4) is 0 Å². The number of hydrogen-bond acceptors (Lipinski definition) is 7. The van der Waals surface area contributed by atoms with Crippen LogP contribution in [0.5, 0.6) is 5.75 Å². The molecule has 0 N–H and O–H groups in total. The lowest BCUT2D eigenvalue weighted by atomic mass is 9.50. The van der Waals surface area contributed by atoms with E-state index in [1.807, 2.05) is 19.1 Å². The molecule has 1 fully saturated rings. The van der Waals surface area contributed by atoms with Crippen molar-refractivity contribution in [3.05, 3.63) is 87.0 Å². The van der Waals surface area contributed by atoms with Crippen molar-refractivity contribution < 1.29 is 18.7 Å². The van der Waals surface area contributed by atoms with Gasteiger partial charge in [-0.05, 0) is 84.2 Å². The minimum Gasteiger partial charge on any atom is -0.487 e. The summed E-state index contributed by atoms with van der Waals surface area (Å²) in [5.74, 6) is 1.22. The first-order valence-corrected chi connectivity index (χ1v) is 15.4. The molecule has 2 aliphatic carbocycles. The molecule has 0 unspecified atom stereocenters. The number of nitrogens with zero attached hydrogens (tertiary/aromatic N) is 3. The summed E-state index contributed by atoms with van der Waals surface area (Å²) in [6, 6.07) is 13.9. The van der Waals surface area contributed by atoms with Gasteiger partial charge in [0.05, 0.1) is 12.8 Å². The minimum atomic E-state index is -0.396. The highest BCUT2D eigenvalue weighted by Crippen LogP contribution is 2.57. The summed E-state index contributed by atoms with van der Waals surface area (Å²) >= 11 is 0. The van der Waals surface area contributed by atoms with Crippen molar-refractivity contribution in [1.82, 2.24) is 15.0 Å². The number of hydrogen-bond donors (Lipinski definition) is 0. The molecule has 2 aliphatic rings. The number of ether oxygens (including phenoxy) is 2. The zero-order valence-corrected chi connectivity index (χ0v) is 25.8. The SMILES string of the molecule is Cc1cc(=O)oc2cc(OCc3cn(CC(=O)OC[C@]4(C)CCC[C@]5(C)c6ccc(C(C)C)cc6CC[C@@H]45)nn3)ccc12. The number of benzene rings is 2. The van der Waals surface area contributed by atoms with Gasteiger partial charge in [-0.2, -0.15) is 0 Å². The molecule has 43 heavy (non-hydrogen) atoms. The molecule has 0 amide bonds. The molecule has 0 bridgehead atoms. The van der Waals surface area contributed by atoms with Crippen molar-refractivity contribution in [2.45, 2.75) is 91.2 Å². The second kappa shape index (κ2) is 11.3. The van der Waals surface area contributed by atoms with Gasteiger partial charge in [-0.1, -0.05) is 57.5 Å². The van der Waals surface area contributed by atoms with Crippen LogP contribution in [-0.2, 0) is 34.5 Å². The minimum absolute atomic E-state index is 0.00770. The van der Waals surface area contributed by atoms with Gasteiger partial charge in [-0.3, -0.25) is 4.79 Å². The molecule has 0 spiro atoms. The standard InChI is InChI=1S/C35H41N3O5/c1-22(2)24-7-11-29-25(16-24)8-12-31-34(4,13-6-14-35(29,31)5)21-42-33(40)19-38-18-26(36-37-38)20-41-27-9-10-28-23(3)15-32(39)43-30(28)17-27/h7,9-11,15-18,22,31H,6,8,12-14,19-21H2,1-5H3/t31-,34-,35+/m0/s1. The van der Waals surface area contributed by atoms with Crippen molar-refractivity contribution in [2.75, 3.05) is 6.61 Å². The van der Waals surface area contributed by atoms with Crippen molar-refractivity contribution in [2.24, 2.45) is 11.3 Å². The highest BCUT2D eigenvalue weighted by molar-refractivity contribution is 5.81. The van der Waals surface area contributed by atoms with Crippen LogP contribution in [0.25, 0.3) is 11.0 Å². The average Bonchev–Trinajstić information content (AvgIpc) is 3.41. The van der Waals surface area contributed by atoms with E-state index in [0.29, 0.717) is 35.5 Å². The lowest BCUT2D eigenvalue weighted by Gasteiger charge is -2.55. The maximum Gasteiger partial charge on any atom is 0.336 e. The van der Waals surface area contributed by atoms with Gasteiger partial charge in [0.1, 0.15) is 30.2 Å². The Morgan fingerprint density at radius 2 is 1.98 bits per heavy atom. The van der Waals surface area contributed by atoms with Gasteiger partial charge in [0, 0.05) is 22.9 Å². The Labute approximate surface area is 252 Å². The van der Waals surface area contributed by atoms with Crippen LogP contribution in [0.4, 0.5) is 0 Å². The molecular formula is C35H41N3O5. The highest BCUT2D eigenvalue weighted by Gasteiger charge is 2.52. The summed E-state index contributed by atoms with van der Waals surface area (Å²) < 4.78 is 18.6. The highest BCUT2D eigenvalue weighted by atomic mass is 16.5. The fourth-order valence-corrected chi connectivity index (χ4v) is 7.63. The van der Waals surface area contributed by atoms with E-state index in [0.717, 1.165) is 36.6 Å². The Bertz CT molecular complexity index is 1720. The Morgan fingerprint density at radius 1 is 1.14 bits per heavy atom. The fourth-order valence-electron chi connectivity index (χ4n) is 7.63. The molecular weight excluding hydrogens is 542 g/mol. The molecule has 2 heterocycles. The Balaban J connectivity index is 1.06. The van der Waals surface area contributed by atoms with Crippen LogP contribution in [0.1, 0.15) is 87.2 Å². The van der Waals surface area contributed by atoms with E-state index in [2.05, 4.69) is 56.2 Å². The lowest BCUT2D eigenvalue weighted by molar-refractivity contribution is -0.152. The van der Waals surface area contributed by atoms with Gasteiger partial charge in [0.15, 0.2) is 0 Å². The summed E-state index contributed by atoms with van der Waals surface area (Å²) in [7, 11) is 0. The zero-order valence-electron chi connectivity index (χ0n) is 25.8. The molecule has 8 heteroatoms. The Morgan fingerprint density at radius 3 is 2.79 bits per heavy atom. The van der Waals surface area contributed by atoms with E-state index in [1.54, 1.807) is 12.3 Å². The van der Waals surface area contributed by atoms with Gasteiger partial charge in [0.2, 0.25) is 0 Å². The molecule has 0 aliphatic heterocycles. The van der Waals surface area contributed by atoms with Crippen LogP contribution >= 0.6 is 0 Å². The monoisotopic (exact) mass is 583 g/mol. The number of rotatable bonds is 8. The lowest BCUT2D eigenvalue weighted by Crippen LogP contribution is -2.51. The first-order valence-electron chi connectivity index (χ1n) is 15.4. The maximum absolute atomic E-state index is 12.9. The number of aromatic nitrogens is 3. The van der Waals surface area contributed by atoms with Crippen LogP contribution in [0.15, 0.2) is 57.9 Å². The molecule has 3 atom stereocenters. The van der Waals surface area contributed by atoms with Crippen LogP contribution in [0, 0.1) is 18.3 Å². The topological polar surface area (TPSA) is 96.5 Å². The summed E-state index contributed by atoms with van der Waals surface area (Å²) in [5, 5.41) is 9.11. The third kappa shape index (κ3) is 5.71. The molecule has 2 aromatic heterocycles. The summed E-state index contributed by atoms with van der Waals surface area (Å²) in [6.07, 6.45) is 7.25. The van der Waals surface area contributed by atoms with Crippen molar-refractivity contribution in [3.63, 3.8) is 0 Å². The van der Waals surface area contributed by atoms with Crippen LogP contribution in [-0.4, -0.2) is 27.6 Å². The molecule has 2 aromatic carbocycles. The molecule has 226 valence electrons. The predicted octanol–water partition coefficient (Wildman–Crippen LogP) is 6.65. The molecule has 1 saturated carbocycles. The molecule has 4 aromatic rings. The molecule has 8 nitrogen and oxygen atoms in total. The van der Waals surface area contributed by atoms with E-state index < -0.39 is 5.63 Å². The zero-order chi connectivity index (χ0) is 30.4. The van der Waals surface area contributed by atoms with E-state index in [4.69, 9.17) is 13.9 Å². The van der Waals surface area contributed by atoms with Crippen LogP contribution in [0.2, 0.25) is 0 Å². The maximum atomic E-state index is 12.9. The summed E-state index contributed by atoms with van der Waals surface area (Å²) in [4.78, 5) is 24.7. The first kappa shape index (κ1) is 29.1. The predicted molar refractivity (Wildman–Crippen MR) is 164 cm³/mol. The van der Waals surface area contributed by atoms with Crippen LogP contribution < -0.4 is 10.4 Å². The average molecular weight is 584 g/mol. The summed E-state index contributed by atoms with van der Waals surface area (Å²) in [6.45, 7) is 11.7. The quantitative estimate of drug-likeness (QED) is 0.169. The number of aryl methyl sites for hydroxylation is 2. The Kier molecular flexibility index (Phi) is 7.65. The smallest absolute Gasteiger partial charge is 0.336 e. The van der Waals surface area contributed by atoms with E-state index in [1.165, 1.54) is 33.9 Å². The van der Waals surface area contributed by atoms with E-state index >= 15 is 0 Å². The number of fused-ring (bicyclic) bond motifs is 4. The van der Waals surface area contributed by atoms with Crippen molar-refractivity contribution in [3.8, 4) is 5.75 Å². The second-order valence-corrected chi connectivity index (χ2v) is 13.4. The second-order valence-electron chi connectivity index (χ2n) is 13.4. The first-order chi connectivity index (χ1) is 20.5. The fraction of sp³-hybridized carbons (Fsp3) is 0.486. The summed E-state index contributed by atoms with van der Waals surface area (Å²) in [5.41, 5.74) is 5.93. The number of carbonyl (C=O) groups is 1. The molecule has 0 saturated heterocycles. The third-order valence-corrected chi connectivity index (χ3v) is 9.92. The molecule has 0 radical (unpaired) electrons. The van der Waals surface area contributed by atoms with E-state index in [9.17, 15) is 9.59 Å². The van der Waals surface area contributed by atoms with Gasteiger partial charge >= 0.3 is 11.6 Å². The third-order valence-electron chi connectivity index (χ3n) is 9.92. The van der Waals surface area contributed by atoms with Gasteiger partial charge in [0.25, 0.3) is 0 Å². The normalized spacial score (nSPS) is 23.2.